The summed E-state index contributed by atoms with van der Waals surface area (Å²) < 4.78 is 0. The van der Waals surface area contributed by atoms with Crippen molar-refractivity contribution < 1.29 is 9.90 Å². The molecular weight excluding hydrogens is 264 g/mol. The van der Waals surface area contributed by atoms with Crippen LogP contribution in [0.15, 0.2) is 36.5 Å². The van der Waals surface area contributed by atoms with Gasteiger partial charge in [0.05, 0.1) is 22.0 Å². The molecule has 0 atom stereocenters. The highest BCUT2D eigenvalue weighted by Gasteiger charge is 2.13. The van der Waals surface area contributed by atoms with Crippen molar-refractivity contribution in [1.82, 2.24) is 4.98 Å². The summed E-state index contributed by atoms with van der Waals surface area (Å²) in [5.41, 5.74) is 2.45. The van der Waals surface area contributed by atoms with Gasteiger partial charge in [-0.05, 0) is 24.3 Å². The van der Waals surface area contributed by atoms with E-state index in [0.717, 1.165) is 16.9 Å². The lowest BCUT2D eigenvalue weighted by atomic mass is 10.1. The van der Waals surface area contributed by atoms with Crippen LogP contribution < -0.4 is 4.90 Å². The van der Waals surface area contributed by atoms with Crippen molar-refractivity contribution in [3.8, 4) is 11.3 Å². The summed E-state index contributed by atoms with van der Waals surface area (Å²) in [6.45, 7) is 0. The Balaban J connectivity index is 2.60. The van der Waals surface area contributed by atoms with E-state index in [4.69, 9.17) is 16.7 Å². The monoisotopic (exact) mass is 276 g/mol. The minimum Gasteiger partial charge on any atom is -0.478 e. The number of aromatic carboxylic acids is 1. The second-order valence-corrected chi connectivity index (χ2v) is 4.67. The van der Waals surface area contributed by atoms with Crippen LogP contribution >= 0.6 is 11.6 Å². The molecule has 5 heteroatoms. The van der Waals surface area contributed by atoms with E-state index in [-0.39, 0.29) is 10.6 Å². The SMILES string of the molecule is CN(C)c1cccnc1-c1ccc(Cl)c(C(=O)O)c1. The Bertz CT molecular complexity index is 627. The van der Waals surface area contributed by atoms with Gasteiger partial charge in [-0.1, -0.05) is 17.7 Å². The van der Waals surface area contributed by atoms with Gasteiger partial charge in [0.15, 0.2) is 0 Å². The average molecular weight is 277 g/mol. The highest BCUT2D eigenvalue weighted by atomic mass is 35.5. The number of rotatable bonds is 3. The maximum absolute atomic E-state index is 11.1. The summed E-state index contributed by atoms with van der Waals surface area (Å²) in [6, 6.07) is 8.66. The lowest BCUT2D eigenvalue weighted by molar-refractivity contribution is 0.0697. The van der Waals surface area contributed by atoms with Crippen LogP contribution in [0, 0.1) is 0 Å². The van der Waals surface area contributed by atoms with E-state index in [1.54, 1.807) is 24.4 Å². The highest BCUT2D eigenvalue weighted by molar-refractivity contribution is 6.33. The molecule has 0 aliphatic rings. The lowest BCUT2D eigenvalue weighted by Crippen LogP contribution is -2.10. The standard InChI is InChI=1S/C14H13ClN2O2/c1-17(2)12-4-3-7-16-13(12)9-5-6-11(15)10(8-9)14(18)19/h3-8H,1-2H3,(H,18,19). The summed E-state index contributed by atoms with van der Waals surface area (Å²) in [4.78, 5) is 17.4. The molecule has 19 heavy (non-hydrogen) atoms. The van der Waals surface area contributed by atoms with E-state index >= 15 is 0 Å². The van der Waals surface area contributed by atoms with Gasteiger partial charge in [0.2, 0.25) is 0 Å². The molecule has 0 spiro atoms. The molecule has 0 radical (unpaired) electrons. The van der Waals surface area contributed by atoms with Crippen molar-refractivity contribution in [1.29, 1.82) is 0 Å². The molecule has 0 aliphatic carbocycles. The van der Waals surface area contributed by atoms with Crippen LogP contribution in [0.5, 0.6) is 0 Å². The Morgan fingerprint density at radius 3 is 2.68 bits per heavy atom. The van der Waals surface area contributed by atoms with E-state index in [1.165, 1.54) is 0 Å². The summed E-state index contributed by atoms with van der Waals surface area (Å²) in [6.07, 6.45) is 1.68. The van der Waals surface area contributed by atoms with Crippen LogP contribution in [0.1, 0.15) is 10.4 Å². The fourth-order valence-corrected chi connectivity index (χ4v) is 2.01. The molecule has 0 saturated carbocycles. The zero-order valence-corrected chi connectivity index (χ0v) is 11.3. The average Bonchev–Trinajstić information content (AvgIpc) is 2.39. The minimum absolute atomic E-state index is 0.0783. The van der Waals surface area contributed by atoms with Crippen molar-refractivity contribution in [3.05, 3.63) is 47.1 Å². The number of nitrogens with zero attached hydrogens (tertiary/aromatic N) is 2. The van der Waals surface area contributed by atoms with Gasteiger partial charge in [-0.25, -0.2) is 4.79 Å². The second-order valence-electron chi connectivity index (χ2n) is 4.27. The van der Waals surface area contributed by atoms with Crippen molar-refractivity contribution in [2.45, 2.75) is 0 Å². The molecule has 0 aliphatic heterocycles. The van der Waals surface area contributed by atoms with Crippen molar-refractivity contribution in [2.24, 2.45) is 0 Å². The maximum Gasteiger partial charge on any atom is 0.337 e. The number of carboxylic acid groups (broad SMARTS) is 1. The fraction of sp³-hybridized carbons (Fsp3) is 0.143. The second kappa shape index (κ2) is 5.28. The van der Waals surface area contributed by atoms with Gasteiger partial charge in [-0.15, -0.1) is 0 Å². The Labute approximate surface area is 116 Å². The molecular formula is C14H13ClN2O2. The summed E-state index contributed by atoms with van der Waals surface area (Å²) in [7, 11) is 3.82. The third-order valence-corrected chi connectivity index (χ3v) is 3.07. The van der Waals surface area contributed by atoms with Gasteiger partial charge in [-0.3, -0.25) is 4.98 Å². The zero-order valence-electron chi connectivity index (χ0n) is 10.6. The first kappa shape index (κ1) is 13.4. The molecule has 0 fully saturated rings. The van der Waals surface area contributed by atoms with Crippen molar-refractivity contribution in [3.63, 3.8) is 0 Å². The van der Waals surface area contributed by atoms with Gasteiger partial charge < -0.3 is 10.0 Å². The molecule has 2 rings (SSSR count). The Hall–Kier alpha value is -2.07. The molecule has 1 heterocycles. The fourth-order valence-electron chi connectivity index (χ4n) is 1.82. The molecule has 0 amide bonds. The number of hydrogen-bond acceptors (Lipinski definition) is 3. The molecule has 98 valence electrons. The first-order chi connectivity index (χ1) is 9.00. The largest absolute Gasteiger partial charge is 0.478 e. The molecule has 0 unspecified atom stereocenters. The van der Waals surface area contributed by atoms with Crippen molar-refractivity contribution >= 4 is 23.3 Å². The molecule has 4 nitrogen and oxygen atoms in total. The van der Waals surface area contributed by atoms with E-state index < -0.39 is 5.97 Å². The van der Waals surface area contributed by atoms with Gasteiger partial charge in [0, 0.05) is 25.9 Å². The number of halogens is 1. The third-order valence-electron chi connectivity index (χ3n) is 2.74. The Kier molecular flexibility index (Phi) is 3.71. The molecule has 0 saturated heterocycles. The van der Waals surface area contributed by atoms with Gasteiger partial charge in [-0.2, -0.15) is 0 Å². The highest BCUT2D eigenvalue weighted by Crippen LogP contribution is 2.30. The number of hydrogen-bond donors (Lipinski definition) is 1. The van der Waals surface area contributed by atoms with E-state index in [9.17, 15) is 4.79 Å². The minimum atomic E-state index is -1.05. The van der Waals surface area contributed by atoms with Crippen LogP contribution in [0.3, 0.4) is 0 Å². The van der Waals surface area contributed by atoms with Crippen LogP contribution in [-0.4, -0.2) is 30.2 Å². The number of carbonyl (C=O) groups is 1. The number of carboxylic acids is 1. The van der Waals surface area contributed by atoms with Crippen LogP contribution in [0.4, 0.5) is 5.69 Å². The molecule has 1 N–H and O–H groups in total. The predicted molar refractivity (Wildman–Crippen MR) is 76.0 cm³/mol. The number of pyridine rings is 1. The number of benzene rings is 1. The number of anilines is 1. The topological polar surface area (TPSA) is 53.4 Å². The van der Waals surface area contributed by atoms with Gasteiger partial charge in [0.25, 0.3) is 0 Å². The Morgan fingerprint density at radius 1 is 1.32 bits per heavy atom. The van der Waals surface area contributed by atoms with E-state index in [2.05, 4.69) is 4.98 Å². The molecule has 2 aromatic rings. The normalized spacial score (nSPS) is 10.3. The first-order valence-electron chi connectivity index (χ1n) is 5.66. The maximum atomic E-state index is 11.1. The summed E-state index contributed by atoms with van der Waals surface area (Å²) in [5, 5.41) is 9.32. The van der Waals surface area contributed by atoms with Gasteiger partial charge in [0.1, 0.15) is 0 Å². The van der Waals surface area contributed by atoms with E-state index in [0.29, 0.717) is 0 Å². The molecule has 0 bridgehead atoms. The smallest absolute Gasteiger partial charge is 0.337 e. The Morgan fingerprint density at radius 2 is 2.05 bits per heavy atom. The molecule has 1 aromatic carbocycles. The molecule has 1 aromatic heterocycles. The zero-order chi connectivity index (χ0) is 14.0. The van der Waals surface area contributed by atoms with Crippen LogP contribution in [0.25, 0.3) is 11.3 Å². The van der Waals surface area contributed by atoms with Crippen LogP contribution in [-0.2, 0) is 0 Å². The summed E-state index contributed by atoms with van der Waals surface area (Å²) >= 11 is 5.87. The summed E-state index contributed by atoms with van der Waals surface area (Å²) in [5.74, 6) is -1.05. The quantitative estimate of drug-likeness (QED) is 0.935. The lowest BCUT2D eigenvalue weighted by Gasteiger charge is -2.16. The van der Waals surface area contributed by atoms with Crippen LogP contribution in [0.2, 0.25) is 5.02 Å². The predicted octanol–water partition coefficient (Wildman–Crippen LogP) is 3.17. The van der Waals surface area contributed by atoms with Crippen molar-refractivity contribution in [2.75, 3.05) is 19.0 Å². The third kappa shape index (κ3) is 2.69. The van der Waals surface area contributed by atoms with Gasteiger partial charge >= 0.3 is 5.97 Å². The first-order valence-corrected chi connectivity index (χ1v) is 6.04. The van der Waals surface area contributed by atoms with E-state index in [1.807, 2.05) is 31.1 Å². The number of aromatic nitrogens is 1.